The van der Waals surface area contributed by atoms with Crippen molar-refractivity contribution in [2.45, 2.75) is 26.0 Å². The van der Waals surface area contributed by atoms with Crippen molar-refractivity contribution in [3.05, 3.63) is 18.0 Å². The van der Waals surface area contributed by atoms with E-state index in [1.54, 1.807) is 0 Å². The van der Waals surface area contributed by atoms with Gasteiger partial charge < -0.3 is 19.9 Å². The number of piperazine rings is 1. The molecule has 2 fully saturated rings. The van der Waals surface area contributed by atoms with Crippen LogP contribution < -0.4 is 5.32 Å². The second-order valence-electron chi connectivity index (χ2n) is 8.33. The summed E-state index contributed by atoms with van der Waals surface area (Å²) in [4.78, 5) is 11.9. The lowest BCUT2D eigenvalue weighted by atomic mass is 10.0. The summed E-state index contributed by atoms with van der Waals surface area (Å²) < 4.78 is 7.81. The third kappa shape index (κ3) is 6.53. The molecule has 0 bridgehead atoms. The van der Waals surface area contributed by atoms with E-state index in [-0.39, 0.29) is 30.1 Å². The van der Waals surface area contributed by atoms with E-state index >= 15 is 0 Å². The smallest absolute Gasteiger partial charge is 0.193 e. The highest BCUT2D eigenvalue weighted by Gasteiger charge is 2.28. The highest BCUT2D eigenvalue weighted by Crippen LogP contribution is 2.21. The molecule has 29 heavy (non-hydrogen) atoms. The fraction of sp³-hybridized carbons (Fsp3) is 0.800. The first-order valence-electron chi connectivity index (χ1n) is 10.5. The molecule has 166 valence electrons. The topological polar surface area (TPSA) is 61.2 Å². The normalized spacial score (nSPS) is 23.2. The quantitative estimate of drug-likeness (QED) is 0.359. The number of rotatable bonds is 5. The monoisotopic (exact) mass is 519 g/mol. The Morgan fingerprint density at radius 2 is 1.97 bits per heavy atom. The summed E-state index contributed by atoms with van der Waals surface area (Å²) in [5.74, 6) is 1.57. The van der Waals surface area contributed by atoms with Crippen molar-refractivity contribution in [2.75, 3.05) is 66.5 Å². The lowest BCUT2D eigenvalue weighted by Crippen LogP contribution is -2.56. The Balaban J connectivity index is 0.00000300. The number of guanidine groups is 1. The minimum absolute atomic E-state index is 0. The van der Waals surface area contributed by atoms with Gasteiger partial charge >= 0.3 is 0 Å². The molecule has 3 heterocycles. The van der Waals surface area contributed by atoms with Crippen LogP contribution in [0.2, 0.25) is 0 Å². The van der Waals surface area contributed by atoms with Crippen LogP contribution in [0.15, 0.2) is 17.4 Å². The molecule has 2 aliphatic rings. The van der Waals surface area contributed by atoms with Gasteiger partial charge in [0.05, 0.1) is 19.3 Å². The lowest BCUT2D eigenvalue weighted by Gasteiger charge is -2.41. The Kier molecular flexibility index (Phi) is 9.64. The first kappa shape index (κ1) is 24.4. The molecule has 2 atom stereocenters. The van der Waals surface area contributed by atoms with Gasteiger partial charge in [0.1, 0.15) is 6.10 Å². The van der Waals surface area contributed by atoms with Gasteiger partial charge in [0, 0.05) is 71.2 Å². The van der Waals surface area contributed by atoms with Crippen LogP contribution in [0.5, 0.6) is 0 Å². The first-order valence-corrected chi connectivity index (χ1v) is 10.5. The second-order valence-corrected chi connectivity index (χ2v) is 8.33. The number of hydrogen-bond donors (Lipinski definition) is 1. The summed E-state index contributed by atoms with van der Waals surface area (Å²) in [6.45, 7) is 12.5. The zero-order chi connectivity index (χ0) is 20.1. The van der Waals surface area contributed by atoms with Crippen molar-refractivity contribution in [3.8, 4) is 0 Å². The maximum Gasteiger partial charge on any atom is 0.193 e. The van der Waals surface area contributed by atoms with E-state index in [1.165, 1.54) is 0 Å². The molecule has 8 nitrogen and oxygen atoms in total. The van der Waals surface area contributed by atoms with Crippen LogP contribution in [0.3, 0.4) is 0 Å². The molecule has 0 saturated carbocycles. The zero-order valence-electron chi connectivity index (χ0n) is 18.5. The SMILES string of the molecule is CN=C(NCC(C(C)C)N1CCN(C)CC1)N1CCOC(c2cnn(C)c2)C1.I. The Hall–Kier alpha value is -0.910. The fourth-order valence-corrected chi connectivity index (χ4v) is 4.12. The highest BCUT2D eigenvalue weighted by atomic mass is 127. The fourth-order valence-electron chi connectivity index (χ4n) is 4.12. The van der Waals surface area contributed by atoms with Crippen molar-refractivity contribution < 1.29 is 4.74 Å². The number of nitrogens with zero attached hydrogens (tertiary/aromatic N) is 6. The van der Waals surface area contributed by atoms with Gasteiger partial charge in [-0.15, -0.1) is 24.0 Å². The summed E-state index contributed by atoms with van der Waals surface area (Å²) in [5, 5.41) is 7.93. The summed E-state index contributed by atoms with van der Waals surface area (Å²) >= 11 is 0. The summed E-state index contributed by atoms with van der Waals surface area (Å²) in [6.07, 6.45) is 3.97. The van der Waals surface area contributed by atoms with Crippen LogP contribution in [0.4, 0.5) is 0 Å². The Bertz CT molecular complexity index is 643. The molecular formula is C20H38IN7O. The predicted octanol–water partition coefficient (Wildman–Crippen LogP) is 1.26. The molecule has 1 aromatic heterocycles. The van der Waals surface area contributed by atoms with Gasteiger partial charge in [0.2, 0.25) is 0 Å². The average molecular weight is 519 g/mol. The number of aliphatic imine (C=N–C) groups is 1. The zero-order valence-corrected chi connectivity index (χ0v) is 20.9. The number of hydrogen-bond acceptors (Lipinski definition) is 5. The second kappa shape index (κ2) is 11.5. The highest BCUT2D eigenvalue weighted by molar-refractivity contribution is 14.0. The van der Waals surface area contributed by atoms with E-state index in [2.05, 4.69) is 51.0 Å². The van der Waals surface area contributed by atoms with Crippen LogP contribution in [0.1, 0.15) is 25.5 Å². The Morgan fingerprint density at radius 3 is 2.55 bits per heavy atom. The number of likely N-dealkylation sites (N-methyl/N-ethyl adjacent to an activating group) is 1. The molecule has 1 N–H and O–H groups in total. The van der Waals surface area contributed by atoms with Crippen molar-refractivity contribution in [1.82, 2.24) is 29.8 Å². The van der Waals surface area contributed by atoms with E-state index in [0.717, 1.165) is 57.3 Å². The molecule has 0 aliphatic carbocycles. The molecule has 0 aromatic carbocycles. The van der Waals surface area contributed by atoms with Crippen molar-refractivity contribution in [2.24, 2.45) is 18.0 Å². The molecule has 0 amide bonds. The van der Waals surface area contributed by atoms with E-state index in [0.29, 0.717) is 18.6 Å². The van der Waals surface area contributed by atoms with E-state index in [4.69, 9.17) is 4.74 Å². The van der Waals surface area contributed by atoms with Gasteiger partial charge in [-0.1, -0.05) is 13.8 Å². The first-order chi connectivity index (χ1) is 13.5. The molecule has 2 saturated heterocycles. The van der Waals surface area contributed by atoms with Gasteiger partial charge in [-0.3, -0.25) is 14.6 Å². The average Bonchev–Trinajstić information content (AvgIpc) is 3.13. The van der Waals surface area contributed by atoms with E-state index < -0.39 is 0 Å². The van der Waals surface area contributed by atoms with Gasteiger partial charge in [-0.25, -0.2) is 0 Å². The van der Waals surface area contributed by atoms with Crippen LogP contribution in [-0.2, 0) is 11.8 Å². The molecule has 0 spiro atoms. The Labute approximate surface area is 192 Å². The summed E-state index contributed by atoms with van der Waals surface area (Å²) in [7, 11) is 6.02. The van der Waals surface area contributed by atoms with Crippen LogP contribution >= 0.6 is 24.0 Å². The maximum atomic E-state index is 5.98. The minimum atomic E-state index is 0. The third-order valence-electron chi connectivity index (χ3n) is 5.92. The molecule has 2 aliphatic heterocycles. The number of ether oxygens (including phenoxy) is 1. The standard InChI is InChI=1S/C20H37N7O.HI/c1-16(2)18(26-8-6-24(4)7-9-26)13-22-20(21-3)27-10-11-28-19(15-27)17-12-23-25(5)14-17;/h12,14,16,18-19H,6-11,13,15H2,1-5H3,(H,21,22);1H. The van der Waals surface area contributed by atoms with E-state index in [9.17, 15) is 0 Å². The van der Waals surface area contributed by atoms with Crippen LogP contribution in [-0.4, -0.2) is 103 Å². The van der Waals surface area contributed by atoms with E-state index in [1.807, 2.05) is 31.2 Å². The molecular weight excluding hydrogens is 481 g/mol. The lowest BCUT2D eigenvalue weighted by molar-refractivity contribution is -0.00826. The number of halogens is 1. The number of aromatic nitrogens is 2. The molecule has 1 aromatic rings. The van der Waals surface area contributed by atoms with Crippen molar-refractivity contribution in [1.29, 1.82) is 0 Å². The maximum absolute atomic E-state index is 5.98. The molecule has 0 radical (unpaired) electrons. The van der Waals surface area contributed by atoms with Gasteiger partial charge in [0.15, 0.2) is 5.96 Å². The van der Waals surface area contributed by atoms with Crippen LogP contribution in [0.25, 0.3) is 0 Å². The molecule has 2 unspecified atom stereocenters. The van der Waals surface area contributed by atoms with Crippen molar-refractivity contribution in [3.63, 3.8) is 0 Å². The predicted molar refractivity (Wildman–Crippen MR) is 128 cm³/mol. The van der Waals surface area contributed by atoms with Gasteiger partial charge in [0.25, 0.3) is 0 Å². The minimum Gasteiger partial charge on any atom is -0.370 e. The van der Waals surface area contributed by atoms with Gasteiger partial charge in [-0.2, -0.15) is 5.10 Å². The Morgan fingerprint density at radius 1 is 1.24 bits per heavy atom. The van der Waals surface area contributed by atoms with Crippen molar-refractivity contribution >= 4 is 29.9 Å². The largest absolute Gasteiger partial charge is 0.370 e. The number of nitrogens with one attached hydrogen (secondary N) is 1. The number of morpholine rings is 1. The van der Waals surface area contributed by atoms with Crippen LogP contribution in [0, 0.1) is 5.92 Å². The summed E-state index contributed by atoms with van der Waals surface area (Å²) in [5.41, 5.74) is 1.13. The molecule has 9 heteroatoms. The summed E-state index contributed by atoms with van der Waals surface area (Å²) in [6, 6.07) is 0.514. The van der Waals surface area contributed by atoms with Gasteiger partial charge in [-0.05, 0) is 13.0 Å². The number of aryl methyl sites for hydroxylation is 1. The third-order valence-corrected chi connectivity index (χ3v) is 5.92. The molecule has 3 rings (SSSR count).